The number of amidine groups is 1. The van der Waals surface area contributed by atoms with Crippen molar-refractivity contribution in [3.05, 3.63) is 17.5 Å². The van der Waals surface area contributed by atoms with Crippen molar-refractivity contribution < 1.29 is 0 Å². The normalized spacial score (nSPS) is 16.9. The second-order valence-electron chi connectivity index (χ2n) is 5.36. The molecule has 1 aliphatic carbocycles. The summed E-state index contributed by atoms with van der Waals surface area (Å²) in [7, 11) is 2.05. The van der Waals surface area contributed by atoms with E-state index in [9.17, 15) is 0 Å². The van der Waals surface area contributed by atoms with Gasteiger partial charge in [-0.25, -0.2) is 9.97 Å². The highest BCUT2D eigenvalue weighted by Gasteiger charge is 2.19. The molecule has 5 heteroatoms. The molecule has 1 heterocycles. The molecular weight excluding hydrogens is 238 g/mol. The Morgan fingerprint density at radius 3 is 2.47 bits per heavy atom. The molecule has 1 fully saturated rings. The second-order valence-corrected chi connectivity index (χ2v) is 5.36. The van der Waals surface area contributed by atoms with Gasteiger partial charge in [0, 0.05) is 18.8 Å². The monoisotopic (exact) mass is 261 g/mol. The summed E-state index contributed by atoms with van der Waals surface area (Å²) in [5.74, 6) is 0.693. The lowest BCUT2D eigenvalue weighted by Crippen LogP contribution is -2.33. The number of anilines is 1. The summed E-state index contributed by atoms with van der Waals surface area (Å²) in [5, 5.41) is 7.52. The van der Waals surface area contributed by atoms with Crippen LogP contribution in [-0.2, 0) is 0 Å². The van der Waals surface area contributed by atoms with Gasteiger partial charge in [0.25, 0.3) is 0 Å². The highest BCUT2D eigenvalue weighted by atomic mass is 15.3. The van der Waals surface area contributed by atoms with E-state index in [1.165, 1.54) is 38.5 Å². The molecule has 19 heavy (non-hydrogen) atoms. The third-order valence-corrected chi connectivity index (χ3v) is 3.81. The molecule has 0 bridgehead atoms. The van der Waals surface area contributed by atoms with Gasteiger partial charge in [0.15, 0.2) is 0 Å². The van der Waals surface area contributed by atoms with E-state index in [1.807, 2.05) is 6.92 Å². The van der Waals surface area contributed by atoms with Gasteiger partial charge < -0.3 is 10.6 Å². The van der Waals surface area contributed by atoms with Crippen molar-refractivity contribution in [3.8, 4) is 0 Å². The molecule has 0 unspecified atom stereocenters. The first-order chi connectivity index (χ1) is 9.08. The van der Waals surface area contributed by atoms with Crippen molar-refractivity contribution in [2.75, 3.05) is 11.9 Å². The zero-order valence-electron chi connectivity index (χ0n) is 11.8. The fourth-order valence-corrected chi connectivity index (χ4v) is 2.66. The fraction of sp³-hybridized carbons (Fsp3) is 0.643. The van der Waals surface area contributed by atoms with Crippen LogP contribution in [0.15, 0.2) is 6.07 Å². The van der Waals surface area contributed by atoms with Gasteiger partial charge in [0.1, 0.15) is 11.5 Å². The van der Waals surface area contributed by atoms with Crippen molar-refractivity contribution in [1.82, 2.24) is 9.97 Å². The van der Waals surface area contributed by atoms with Crippen molar-refractivity contribution in [2.45, 2.75) is 51.5 Å². The molecule has 0 atom stereocenters. The number of nitrogens with one attached hydrogen (secondary N) is 1. The Hall–Kier alpha value is -1.65. The molecule has 0 amide bonds. The van der Waals surface area contributed by atoms with Gasteiger partial charge in [-0.2, -0.15) is 0 Å². The number of aryl methyl sites for hydroxylation is 1. The van der Waals surface area contributed by atoms with E-state index in [0.717, 1.165) is 5.69 Å². The smallest absolute Gasteiger partial charge is 0.226 e. The average molecular weight is 261 g/mol. The molecular formula is C14H23N5. The van der Waals surface area contributed by atoms with Crippen molar-refractivity contribution in [2.24, 2.45) is 5.73 Å². The lowest BCUT2D eigenvalue weighted by molar-refractivity contribution is 0.544. The minimum absolute atomic E-state index is 0.000941. The number of rotatable bonds is 3. The summed E-state index contributed by atoms with van der Waals surface area (Å²) in [6.45, 7) is 1.92. The first-order valence-corrected chi connectivity index (χ1v) is 7.01. The highest BCUT2D eigenvalue weighted by molar-refractivity contribution is 5.93. The second kappa shape index (κ2) is 5.99. The Bertz CT molecular complexity index is 449. The number of hydrogen-bond donors (Lipinski definition) is 2. The Kier molecular flexibility index (Phi) is 4.35. The van der Waals surface area contributed by atoms with Gasteiger partial charge in [-0.15, -0.1) is 0 Å². The van der Waals surface area contributed by atoms with E-state index >= 15 is 0 Å². The van der Waals surface area contributed by atoms with Crippen LogP contribution in [0.2, 0.25) is 0 Å². The Morgan fingerprint density at radius 1 is 1.26 bits per heavy atom. The summed E-state index contributed by atoms with van der Waals surface area (Å²) in [4.78, 5) is 11.0. The van der Waals surface area contributed by atoms with Crippen LogP contribution in [0.4, 0.5) is 5.95 Å². The minimum atomic E-state index is 0.000941. The molecule has 1 aromatic rings. The summed E-state index contributed by atoms with van der Waals surface area (Å²) < 4.78 is 0. The summed E-state index contributed by atoms with van der Waals surface area (Å²) in [5.41, 5.74) is 6.90. The molecule has 104 valence electrons. The largest absolute Gasteiger partial charge is 0.382 e. The first-order valence-electron chi connectivity index (χ1n) is 7.01. The third-order valence-electron chi connectivity index (χ3n) is 3.81. The molecule has 1 saturated carbocycles. The van der Waals surface area contributed by atoms with Crippen LogP contribution >= 0.6 is 0 Å². The molecule has 1 aliphatic rings. The van der Waals surface area contributed by atoms with Gasteiger partial charge in [0.05, 0.1) is 0 Å². The van der Waals surface area contributed by atoms with Crippen molar-refractivity contribution in [1.29, 1.82) is 5.41 Å². The van der Waals surface area contributed by atoms with E-state index in [-0.39, 0.29) is 5.84 Å². The molecule has 2 rings (SSSR count). The predicted octanol–water partition coefficient (Wildman–Crippen LogP) is 2.23. The van der Waals surface area contributed by atoms with Crippen LogP contribution in [0, 0.1) is 12.3 Å². The van der Waals surface area contributed by atoms with Crippen LogP contribution in [0.25, 0.3) is 0 Å². The van der Waals surface area contributed by atoms with Crippen LogP contribution in [-0.4, -0.2) is 28.9 Å². The third kappa shape index (κ3) is 3.43. The molecule has 5 nitrogen and oxygen atoms in total. The van der Waals surface area contributed by atoms with Gasteiger partial charge in [0.2, 0.25) is 5.95 Å². The summed E-state index contributed by atoms with van der Waals surface area (Å²) >= 11 is 0. The lowest BCUT2D eigenvalue weighted by Gasteiger charge is -2.27. The Morgan fingerprint density at radius 2 is 1.89 bits per heavy atom. The molecule has 0 saturated heterocycles. The maximum atomic E-state index is 7.52. The molecule has 3 N–H and O–H groups in total. The van der Waals surface area contributed by atoms with E-state index in [1.54, 1.807) is 6.07 Å². The zero-order chi connectivity index (χ0) is 13.8. The first kappa shape index (κ1) is 13.8. The Labute approximate surface area is 114 Å². The zero-order valence-corrected chi connectivity index (χ0v) is 11.8. The number of nitrogens with two attached hydrogens (primary N) is 1. The van der Waals surface area contributed by atoms with Crippen LogP contribution in [0.3, 0.4) is 0 Å². The van der Waals surface area contributed by atoms with Crippen LogP contribution in [0.1, 0.15) is 49.9 Å². The van der Waals surface area contributed by atoms with E-state index < -0.39 is 0 Å². The van der Waals surface area contributed by atoms with Crippen LogP contribution < -0.4 is 10.6 Å². The van der Waals surface area contributed by atoms with Crippen LogP contribution in [0.5, 0.6) is 0 Å². The van der Waals surface area contributed by atoms with Gasteiger partial charge in [-0.1, -0.05) is 25.7 Å². The Balaban J connectivity index is 2.21. The molecule has 0 spiro atoms. The molecule has 0 aliphatic heterocycles. The van der Waals surface area contributed by atoms with E-state index in [2.05, 4.69) is 21.9 Å². The number of aromatic nitrogens is 2. The maximum Gasteiger partial charge on any atom is 0.226 e. The van der Waals surface area contributed by atoms with E-state index in [4.69, 9.17) is 11.1 Å². The molecule has 0 radical (unpaired) electrons. The quantitative estimate of drug-likeness (QED) is 0.497. The highest BCUT2D eigenvalue weighted by Crippen LogP contribution is 2.23. The number of nitrogens with zero attached hydrogens (tertiary/aromatic N) is 3. The van der Waals surface area contributed by atoms with E-state index in [0.29, 0.717) is 17.7 Å². The summed E-state index contributed by atoms with van der Waals surface area (Å²) in [6, 6.07) is 2.26. The maximum absolute atomic E-state index is 7.52. The lowest BCUT2D eigenvalue weighted by atomic mass is 10.1. The standard InChI is InChI=1S/C14H23N5/c1-10-9-12(13(15)16)18-14(17-10)19(2)11-7-5-3-4-6-8-11/h9,11H,3-8H2,1-2H3,(H3,15,16). The topological polar surface area (TPSA) is 78.9 Å². The van der Waals surface area contributed by atoms with Gasteiger partial charge in [-0.3, -0.25) is 5.41 Å². The molecule has 1 aromatic heterocycles. The predicted molar refractivity (Wildman–Crippen MR) is 77.7 cm³/mol. The van der Waals surface area contributed by atoms with Crippen molar-refractivity contribution >= 4 is 11.8 Å². The summed E-state index contributed by atoms with van der Waals surface area (Å²) in [6.07, 6.45) is 7.61. The minimum Gasteiger partial charge on any atom is -0.382 e. The van der Waals surface area contributed by atoms with Gasteiger partial charge in [-0.05, 0) is 25.8 Å². The number of nitrogen functional groups attached to an aromatic ring is 1. The molecule has 0 aromatic carbocycles. The van der Waals surface area contributed by atoms with Crippen molar-refractivity contribution in [3.63, 3.8) is 0 Å². The SMILES string of the molecule is Cc1cc(C(=N)N)nc(N(C)C2CCCCCC2)n1. The number of hydrogen-bond acceptors (Lipinski definition) is 4. The average Bonchev–Trinajstić information content (AvgIpc) is 2.65. The fourth-order valence-electron chi connectivity index (χ4n) is 2.66. The van der Waals surface area contributed by atoms with Gasteiger partial charge >= 0.3 is 0 Å².